The van der Waals surface area contributed by atoms with E-state index in [0.29, 0.717) is 28.9 Å². The number of hydrogen-bond donors (Lipinski definition) is 0. The summed E-state index contributed by atoms with van der Waals surface area (Å²) in [4.78, 5) is 31.3. The number of hydrogen-bond acceptors (Lipinski definition) is 8. The number of aryl methyl sites for hydroxylation is 2. The van der Waals surface area contributed by atoms with Gasteiger partial charge in [-0.25, -0.2) is 9.78 Å². The zero-order valence-corrected chi connectivity index (χ0v) is 20.0. The number of thiophene rings is 1. The number of nitrogens with zero attached hydrogens (tertiary/aromatic N) is 3. The van der Waals surface area contributed by atoms with Gasteiger partial charge < -0.3 is 18.6 Å². The first kappa shape index (κ1) is 22.9. The van der Waals surface area contributed by atoms with Crippen molar-refractivity contribution < 1.29 is 23.6 Å². The maximum absolute atomic E-state index is 13.0. The molecule has 1 atom stereocenters. The molecule has 4 aromatic rings. The van der Waals surface area contributed by atoms with Crippen molar-refractivity contribution in [3.8, 4) is 10.6 Å². The van der Waals surface area contributed by atoms with E-state index in [2.05, 4.69) is 14.7 Å². The summed E-state index contributed by atoms with van der Waals surface area (Å²) in [6.45, 7) is 7.74. The van der Waals surface area contributed by atoms with Crippen LogP contribution in [-0.2, 0) is 9.47 Å². The van der Waals surface area contributed by atoms with Gasteiger partial charge in [0, 0.05) is 24.1 Å². The predicted octanol–water partition coefficient (Wildman–Crippen LogP) is 4.93. The van der Waals surface area contributed by atoms with Crippen LogP contribution in [0, 0.1) is 20.8 Å². The summed E-state index contributed by atoms with van der Waals surface area (Å²) in [5.74, 6) is -0.889. The van der Waals surface area contributed by atoms with E-state index >= 15 is 0 Å². The van der Waals surface area contributed by atoms with Crippen LogP contribution in [0.1, 0.15) is 50.8 Å². The monoisotopic (exact) mass is 467 g/mol. The Kier molecular flexibility index (Phi) is 6.44. The maximum atomic E-state index is 13.0. The van der Waals surface area contributed by atoms with Crippen molar-refractivity contribution in [2.24, 2.45) is 0 Å². The van der Waals surface area contributed by atoms with Crippen LogP contribution < -0.4 is 0 Å². The van der Waals surface area contributed by atoms with Gasteiger partial charge in [0.05, 0.1) is 39.9 Å². The third-order valence-corrected chi connectivity index (χ3v) is 6.47. The Balaban J connectivity index is 1.58. The molecule has 0 fully saturated rings. The summed E-state index contributed by atoms with van der Waals surface area (Å²) in [6, 6.07) is 7.36. The molecule has 0 aliphatic rings. The molecule has 0 radical (unpaired) electrons. The number of rotatable bonds is 8. The molecule has 4 aromatic heterocycles. The van der Waals surface area contributed by atoms with Crippen LogP contribution in [0.2, 0.25) is 0 Å². The molecule has 0 N–H and O–H groups in total. The molecule has 0 aliphatic heterocycles. The standard InChI is InChI=1S/C24H25N3O5S/c1-13-9-17(16(4)27(13)14(2)11-30-5)20(28)12-31-24(29)18-10-19(21-7-6-8-33-21)25-23-22(18)15(3)26-32-23/h6-10,14H,11-12H2,1-5H3. The van der Waals surface area contributed by atoms with Crippen molar-refractivity contribution in [3.63, 3.8) is 0 Å². The summed E-state index contributed by atoms with van der Waals surface area (Å²) >= 11 is 1.50. The highest BCUT2D eigenvalue weighted by molar-refractivity contribution is 7.13. The molecule has 4 rings (SSSR count). The molecule has 0 spiro atoms. The van der Waals surface area contributed by atoms with Gasteiger partial charge in [-0.2, -0.15) is 0 Å². The van der Waals surface area contributed by atoms with Crippen LogP contribution in [0.4, 0.5) is 0 Å². The Morgan fingerprint density at radius 3 is 2.70 bits per heavy atom. The first-order valence-corrected chi connectivity index (χ1v) is 11.4. The second kappa shape index (κ2) is 9.29. The number of aromatic nitrogens is 3. The molecule has 9 heteroatoms. The van der Waals surface area contributed by atoms with E-state index in [1.807, 2.05) is 44.4 Å². The Labute approximate surface area is 195 Å². The fourth-order valence-electron chi connectivity index (χ4n) is 4.15. The Morgan fingerprint density at radius 1 is 1.21 bits per heavy atom. The lowest BCUT2D eigenvalue weighted by Crippen LogP contribution is -2.17. The minimum absolute atomic E-state index is 0.0800. The Bertz CT molecular complexity index is 1320. The van der Waals surface area contributed by atoms with Gasteiger partial charge in [-0.1, -0.05) is 11.2 Å². The van der Waals surface area contributed by atoms with Crippen LogP contribution >= 0.6 is 11.3 Å². The lowest BCUT2D eigenvalue weighted by molar-refractivity contribution is 0.0476. The Hall–Kier alpha value is -3.30. The highest BCUT2D eigenvalue weighted by Crippen LogP contribution is 2.30. The normalized spacial score (nSPS) is 12.3. The molecule has 8 nitrogen and oxygen atoms in total. The van der Waals surface area contributed by atoms with E-state index in [0.717, 1.165) is 16.3 Å². The summed E-state index contributed by atoms with van der Waals surface area (Å²) in [7, 11) is 1.65. The number of pyridine rings is 1. The molecular weight excluding hydrogens is 442 g/mol. The number of carbonyl (C=O) groups is 2. The molecule has 33 heavy (non-hydrogen) atoms. The Morgan fingerprint density at radius 2 is 2.00 bits per heavy atom. The van der Waals surface area contributed by atoms with Crippen molar-refractivity contribution in [1.82, 2.24) is 14.7 Å². The zero-order chi connectivity index (χ0) is 23.7. The van der Waals surface area contributed by atoms with Crippen molar-refractivity contribution >= 4 is 34.2 Å². The van der Waals surface area contributed by atoms with Gasteiger partial charge in [0.15, 0.2) is 6.61 Å². The van der Waals surface area contributed by atoms with E-state index in [4.69, 9.17) is 14.0 Å². The van der Waals surface area contributed by atoms with E-state index in [1.165, 1.54) is 11.3 Å². The van der Waals surface area contributed by atoms with E-state index < -0.39 is 5.97 Å². The highest BCUT2D eigenvalue weighted by atomic mass is 32.1. The summed E-state index contributed by atoms with van der Waals surface area (Å²) < 4.78 is 18.1. The molecule has 4 heterocycles. The summed E-state index contributed by atoms with van der Waals surface area (Å²) in [5.41, 5.74) is 3.94. The highest BCUT2D eigenvalue weighted by Gasteiger charge is 2.23. The van der Waals surface area contributed by atoms with Gasteiger partial charge >= 0.3 is 5.97 Å². The number of ketones is 1. The van der Waals surface area contributed by atoms with Crippen LogP contribution in [0.15, 0.2) is 34.2 Å². The van der Waals surface area contributed by atoms with Crippen molar-refractivity contribution in [3.05, 3.63) is 57.9 Å². The SMILES string of the molecule is COCC(C)n1c(C)cc(C(=O)COC(=O)c2cc(-c3cccs3)nc3onc(C)c23)c1C. The molecule has 172 valence electrons. The average Bonchev–Trinajstić information content (AvgIpc) is 3.51. The van der Waals surface area contributed by atoms with Gasteiger partial charge in [-0.15, -0.1) is 11.3 Å². The van der Waals surface area contributed by atoms with Gasteiger partial charge in [-0.05, 0) is 51.3 Å². The fraction of sp³-hybridized carbons (Fsp3) is 0.333. The number of methoxy groups -OCH3 is 1. The number of carbonyl (C=O) groups excluding carboxylic acids is 2. The molecule has 0 saturated heterocycles. The maximum Gasteiger partial charge on any atom is 0.339 e. The first-order chi connectivity index (χ1) is 15.8. The van der Waals surface area contributed by atoms with Crippen molar-refractivity contribution in [1.29, 1.82) is 0 Å². The topological polar surface area (TPSA) is 96.5 Å². The molecule has 0 bridgehead atoms. The van der Waals surface area contributed by atoms with Crippen molar-refractivity contribution in [2.75, 3.05) is 20.3 Å². The molecule has 0 aliphatic carbocycles. The van der Waals surface area contributed by atoms with Crippen LogP contribution in [0.3, 0.4) is 0 Å². The quantitative estimate of drug-likeness (QED) is 0.268. The minimum Gasteiger partial charge on any atom is -0.454 e. The minimum atomic E-state index is -0.624. The fourth-order valence-corrected chi connectivity index (χ4v) is 4.83. The number of Topliss-reactive ketones (excluding diaryl/α,β-unsaturated/α-hetero) is 1. The third kappa shape index (κ3) is 4.34. The van der Waals surface area contributed by atoms with Gasteiger partial charge in [-0.3, -0.25) is 4.79 Å². The van der Waals surface area contributed by atoms with Gasteiger partial charge in [0.1, 0.15) is 0 Å². The third-order valence-electron chi connectivity index (χ3n) is 5.58. The van der Waals surface area contributed by atoms with E-state index in [-0.39, 0.29) is 29.7 Å². The van der Waals surface area contributed by atoms with Crippen molar-refractivity contribution in [2.45, 2.75) is 33.7 Å². The first-order valence-electron chi connectivity index (χ1n) is 10.5. The summed E-state index contributed by atoms with van der Waals surface area (Å²) in [6.07, 6.45) is 0. The second-order valence-electron chi connectivity index (χ2n) is 7.94. The average molecular weight is 468 g/mol. The number of esters is 1. The molecular formula is C24H25N3O5S. The van der Waals surface area contributed by atoms with Gasteiger partial charge in [0.2, 0.25) is 5.78 Å². The van der Waals surface area contributed by atoms with E-state index in [9.17, 15) is 9.59 Å². The molecule has 0 aromatic carbocycles. The van der Waals surface area contributed by atoms with Crippen LogP contribution in [-0.4, -0.2) is 46.8 Å². The van der Waals surface area contributed by atoms with E-state index in [1.54, 1.807) is 20.1 Å². The predicted molar refractivity (Wildman–Crippen MR) is 125 cm³/mol. The second-order valence-corrected chi connectivity index (χ2v) is 8.89. The lowest BCUT2D eigenvalue weighted by Gasteiger charge is -2.17. The summed E-state index contributed by atoms with van der Waals surface area (Å²) in [5, 5.41) is 6.35. The van der Waals surface area contributed by atoms with Gasteiger partial charge in [0.25, 0.3) is 5.71 Å². The zero-order valence-electron chi connectivity index (χ0n) is 19.2. The van der Waals surface area contributed by atoms with Crippen LogP contribution in [0.5, 0.6) is 0 Å². The molecule has 0 saturated carbocycles. The lowest BCUT2D eigenvalue weighted by atomic mass is 10.1. The molecule has 1 unspecified atom stereocenters. The largest absolute Gasteiger partial charge is 0.454 e. The van der Waals surface area contributed by atoms with Crippen LogP contribution in [0.25, 0.3) is 21.7 Å². The number of ether oxygens (including phenoxy) is 2. The smallest absolute Gasteiger partial charge is 0.339 e. The number of fused-ring (bicyclic) bond motifs is 1. The molecule has 0 amide bonds.